The summed E-state index contributed by atoms with van der Waals surface area (Å²) >= 11 is 0. The molecule has 1 nitrogen and oxygen atoms in total. The van der Waals surface area contributed by atoms with E-state index in [1.807, 2.05) is 0 Å². The largest absolute Gasteiger partial charge is 0.306 e. The van der Waals surface area contributed by atoms with Gasteiger partial charge in [-0.1, -0.05) is 24.3 Å². The van der Waals surface area contributed by atoms with Gasteiger partial charge in [0.1, 0.15) is 0 Å². The Morgan fingerprint density at radius 2 is 2.23 bits per heavy atom. The van der Waals surface area contributed by atoms with E-state index in [2.05, 4.69) is 36.5 Å². The lowest BCUT2D eigenvalue weighted by molar-refractivity contribution is -0.172. The van der Waals surface area contributed by atoms with Gasteiger partial charge in [-0.25, -0.2) is 0 Å². The quantitative estimate of drug-likeness (QED) is 0.648. The fraction of sp³-hybridized carbons (Fsp3) is 0.667. The van der Waals surface area contributed by atoms with Gasteiger partial charge in [0.05, 0.1) is 0 Å². The normalized spacial score (nSPS) is 50.4. The fourth-order valence-corrected chi connectivity index (χ4v) is 3.20. The summed E-state index contributed by atoms with van der Waals surface area (Å²) < 4.78 is 0. The first-order valence-corrected chi connectivity index (χ1v) is 5.42. The lowest BCUT2D eigenvalue weighted by Crippen LogP contribution is -2.71. The zero-order valence-corrected chi connectivity index (χ0v) is 8.16. The third-order valence-corrected chi connectivity index (χ3v) is 4.36. The molecule has 0 amide bonds. The number of allylic oxidation sites excluding steroid dienone is 1. The summed E-state index contributed by atoms with van der Waals surface area (Å²) in [5.41, 5.74) is 0.640. The third-order valence-electron chi connectivity index (χ3n) is 4.36. The summed E-state index contributed by atoms with van der Waals surface area (Å²) in [5, 5.41) is 3.60. The standard InChI is InChI=1S/C12H17N/c1-2-3-6-13-11-4-5-12(11)9-7-10(12)8-9/h2-5,9-11,13H,6-8H2,1H3/b3-2-. The van der Waals surface area contributed by atoms with E-state index >= 15 is 0 Å². The van der Waals surface area contributed by atoms with Crippen LogP contribution in [0.5, 0.6) is 0 Å². The van der Waals surface area contributed by atoms with Crippen molar-refractivity contribution in [2.45, 2.75) is 25.8 Å². The molecule has 0 saturated heterocycles. The van der Waals surface area contributed by atoms with Crippen LogP contribution in [0.1, 0.15) is 19.8 Å². The average molecular weight is 175 g/mol. The molecule has 1 atom stereocenters. The van der Waals surface area contributed by atoms with E-state index in [4.69, 9.17) is 0 Å². The molecule has 0 aromatic heterocycles. The lowest BCUT2D eigenvalue weighted by Gasteiger charge is -2.72. The first-order chi connectivity index (χ1) is 6.38. The van der Waals surface area contributed by atoms with E-state index in [-0.39, 0.29) is 0 Å². The SMILES string of the molecule is C/C=C\CNC1C=CC12C1CC2C1. The van der Waals surface area contributed by atoms with Crippen LogP contribution in [0, 0.1) is 17.3 Å². The second-order valence-corrected chi connectivity index (χ2v) is 4.68. The summed E-state index contributed by atoms with van der Waals surface area (Å²) in [6.07, 6.45) is 12.1. The molecule has 0 aromatic carbocycles. The van der Waals surface area contributed by atoms with E-state index in [0.717, 1.165) is 18.4 Å². The molecule has 70 valence electrons. The van der Waals surface area contributed by atoms with Crippen molar-refractivity contribution >= 4 is 0 Å². The lowest BCUT2D eigenvalue weighted by atomic mass is 9.33. The van der Waals surface area contributed by atoms with Crippen LogP contribution in [-0.4, -0.2) is 12.6 Å². The van der Waals surface area contributed by atoms with E-state index in [1.165, 1.54) is 12.8 Å². The first-order valence-electron chi connectivity index (χ1n) is 5.42. The van der Waals surface area contributed by atoms with Crippen LogP contribution in [0.2, 0.25) is 0 Å². The van der Waals surface area contributed by atoms with Crippen LogP contribution >= 0.6 is 0 Å². The summed E-state index contributed by atoms with van der Waals surface area (Å²) in [6.45, 7) is 3.11. The highest BCUT2D eigenvalue weighted by Crippen LogP contribution is 2.72. The topological polar surface area (TPSA) is 12.0 Å². The highest BCUT2D eigenvalue weighted by molar-refractivity contribution is 5.36. The van der Waals surface area contributed by atoms with Crippen LogP contribution in [-0.2, 0) is 0 Å². The molecule has 2 bridgehead atoms. The predicted octanol–water partition coefficient (Wildman–Crippen LogP) is 2.12. The molecule has 13 heavy (non-hydrogen) atoms. The second-order valence-electron chi connectivity index (χ2n) is 4.68. The fourth-order valence-electron chi connectivity index (χ4n) is 3.20. The molecule has 1 heteroatoms. The summed E-state index contributed by atoms with van der Waals surface area (Å²) in [4.78, 5) is 0. The van der Waals surface area contributed by atoms with Crippen LogP contribution < -0.4 is 5.32 Å². The molecule has 4 rings (SSSR count). The van der Waals surface area contributed by atoms with Gasteiger partial charge in [0.15, 0.2) is 0 Å². The van der Waals surface area contributed by atoms with Crippen molar-refractivity contribution in [2.75, 3.05) is 6.54 Å². The number of nitrogens with one attached hydrogen (secondary N) is 1. The zero-order chi connectivity index (χ0) is 8.89. The molecule has 0 heterocycles. The van der Waals surface area contributed by atoms with Crippen LogP contribution in [0.4, 0.5) is 0 Å². The zero-order valence-electron chi connectivity index (χ0n) is 8.16. The van der Waals surface area contributed by atoms with E-state index in [0.29, 0.717) is 11.5 Å². The minimum Gasteiger partial charge on any atom is -0.306 e. The maximum atomic E-state index is 3.60. The molecule has 1 unspecified atom stereocenters. The van der Waals surface area contributed by atoms with Gasteiger partial charge < -0.3 is 5.32 Å². The van der Waals surface area contributed by atoms with Crippen molar-refractivity contribution in [3.63, 3.8) is 0 Å². The monoisotopic (exact) mass is 175 g/mol. The van der Waals surface area contributed by atoms with Gasteiger partial charge >= 0.3 is 0 Å². The van der Waals surface area contributed by atoms with Crippen LogP contribution in [0.15, 0.2) is 24.3 Å². The Morgan fingerprint density at radius 3 is 2.62 bits per heavy atom. The Hall–Kier alpha value is -0.560. The Balaban J connectivity index is 1.59. The summed E-state index contributed by atoms with van der Waals surface area (Å²) in [6, 6.07) is 0.696. The van der Waals surface area contributed by atoms with Gasteiger partial charge in [-0.2, -0.15) is 0 Å². The van der Waals surface area contributed by atoms with Crippen molar-refractivity contribution in [2.24, 2.45) is 17.3 Å². The second kappa shape index (κ2) is 2.48. The smallest absolute Gasteiger partial charge is 0.0349 e. The Morgan fingerprint density at radius 1 is 1.46 bits per heavy atom. The van der Waals surface area contributed by atoms with Gasteiger partial charge in [-0.3, -0.25) is 0 Å². The molecule has 0 radical (unpaired) electrons. The maximum absolute atomic E-state index is 3.60. The highest BCUT2D eigenvalue weighted by atomic mass is 15.0. The highest BCUT2D eigenvalue weighted by Gasteiger charge is 2.68. The van der Waals surface area contributed by atoms with E-state index < -0.39 is 0 Å². The van der Waals surface area contributed by atoms with Crippen LogP contribution in [0.3, 0.4) is 0 Å². The number of hydrogen-bond acceptors (Lipinski definition) is 1. The molecule has 4 aliphatic carbocycles. The number of rotatable bonds is 3. The third kappa shape index (κ3) is 0.768. The minimum atomic E-state index is 0.640. The van der Waals surface area contributed by atoms with Gasteiger partial charge in [-0.05, 0) is 31.6 Å². The molecule has 1 N–H and O–H groups in total. The molecular formula is C12H17N. The molecule has 1 spiro atoms. The average Bonchev–Trinajstić information content (AvgIpc) is 1.89. The van der Waals surface area contributed by atoms with Crippen molar-refractivity contribution in [3.8, 4) is 0 Å². The molecular weight excluding hydrogens is 158 g/mol. The van der Waals surface area contributed by atoms with Crippen molar-refractivity contribution in [1.82, 2.24) is 5.32 Å². The molecule has 4 aliphatic rings. The van der Waals surface area contributed by atoms with Gasteiger partial charge in [0.25, 0.3) is 0 Å². The van der Waals surface area contributed by atoms with Gasteiger partial charge in [0.2, 0.25) is 0 Å². The van der Waals surface area contributed by atoms with Crippen molar-refractivity contribution in [3.05, 3.63) is 24.3 Å². The Kier molecular flexibility index (Phi) is 1.49. The van der Waals surface area contributed by atoms with Crippen LogP contribution in [0.25, 0.3) is 0 Å². The Labute approximate surface area is 79.9 Å². The van der Waals surface area contributed by atoms with Gasteiger partial charge in [0, 0.05) is 18.0 Å². The number of hydrogen-bond donors (Lipinski definition) is 1. The van der Waals surface area contributed by atoms with Gasteiger partial charge in [-0.15, -0.1) is 0 Å². The molecule has 3 fully saturated rings. The van der Waals surface area contributed by atoms with E-state index in [1.54, 1.807) is 0 Å². The van der Waals surface area contributed by atoms with Crippen molar-refractivity contribution in [1.29, 1.82) is 0 Å². The predicted molar refractivity (Wildman–Crippen MR) is 54.4 cm³/mol. The van der Waals surface area contributed by atoms with E-state index in [9.17, 15) is 0 Å². The molecule has 0 aliphatic heterocycles. The molecule has 3 saturated carbocycles. The van der Waals surface area contributed by atoms with Crippen molar-refractivity contribution < 1.29 is 0 Å². The summed E-state index contributed by atoms with van der Waals surface area (Å²) in [7, 11) is 0. The Bertz CT molecular complexity index is 263. The minimum absolute atomic E-state index is 0.640. The summed E-state index contributed by atoms with van der Waals surface area (Å²) in [5.74, 6) is 2.07. The first kappa shape index (κ1) is 7.81. The molecule has 0 aromatic rings. The maximum Gasteiger partial charge on any atom is 0.0349 e.